The van der Waals surface area contributed by atoms with E-state index in [0.717, 1.165) is 55.3 Å². The van der Waals surface area contributed by atoms with E-state index in [1.165, 1.54) is 0 Å². The summed E-state index contributed by atoms with van der Waals surface area (Å²) in [5, 5.41) is 6.47. The lowest BCUT2D eigenvalue weighted by Gasteiger charge is -2.39. The highest BCUT2D eigenvalue weighted by atomic mass is 127. The largest absolute Gasteiger partial charge is 0.357 e. The molecule has 0 spiro atoms. The number of amides is 1. The number of nitrogens with zero attached hydrogens (tertiary/aromatic N) is 2. The molecular formula is C20H31IN4OS. The molecule has 3 rings (SSSR count). The maximum atomic E-state index is 12.2. The number of halogens is 1. The Kier molecular flexibility index (Phi) is 8.27. The molecule has 1 saturated carbocycles. The van der Waals surface area contributed by atoms with Crippen molar-refractivity contribution in [2.45, 2.75) is 50.9 Å². The molecular weight excluding hydrogens is 471 g/mol. The molecule has 150 valence electrons. The van der Waals surface area contributed by atoms with Crippen molar-refractivity contribution in [3.63, 3.8) is 0 Å². The first kappa shape index (κ1) is 22.3. The third-order valence-corrected chi connectivity index (χ3v) is 5.87. The number of aliphatic imine (C=N–C) groups is 1. The highest BCUT2D eigenvalue weighted by Gasteiger charge is 2.28. The average molecular weight is 502 g/mol. The van der Waals surface area contributed by atoms with Crippen molar-refractivity contribution in [2.75, 3.05) is 25.4 Å². The van der Waals surface area contributed by atoms with Crippen molar-refractivity contribution in [1.82, 2.24) is 15.5 Å². The van der Waals surface area contributed by atoms with E-state index < -0.39 is 0 Å². The summed E-state index contributed by atoms with van der Waals surface area (Å²) in [7, 11) is 0. The molecule has 27 heavy (non-hydrogen) atoms. The number of carbonyl (C=O) groups excluding carboxylic acids is 1. The van der Waals surface area contributed by atoms with Gasteiger partial charge in [0, 0.05) is 41.7 Å². The molecule has 1 aromatic rings. The van der Waals surface area contributed by atoms with Crippen LogP contribution in [-0.2, 0) is 6.54 Å². The normalized spacial score (nSPS) is 19.2. The summed E-state index contributed by atoms with van der Waals surface area (Å²) in [6.07, 6.45) is 2.21. The van der Waals surface area contributed by atoms with Crippen LogP contribution in [0.15, 0.2) is 29.3 Å². The predicted molar refractivity (Wildman–Crippen MR) is 125 cm³/mol. The van der Waals surface area contributed by atoms with E-state index in [4.69, 9.17) is 4.99 Å². The standard InChI is InChI=1S/C20H30N4OS.HI/c1-4-21-19(24-10-11-26-20(2,3)14-24)22-13-15-6-5-7-16(12-15)18(25)23-17-8-9-17;/h5-7,12,17H,4,8-11,13-14H2,1-3H3,(H,21,22)(H,23,25);1H. The number of guanidine groups is 1. The summed E-state index contributed by atoms with van der Waals surface area (Å²) in [4.78, 5) is 19.4. The highest BCUT2D eigenvalue weighted by molar-refractivity contribution is 14.0. The van der Waals surface area contributed by atoms with Gasteiger partial charge in [-0.2, -0.15) is 11.8 Å². The Hall–Kier alpha value is -0.960. The van der Waals surface area contributed by atoms with Crippen LogP contribution in [0.4, 0.5) is 0 Å². The second-order valence-corrected chi connectivity index (χ2v) is 9.45. The van der Waals surface area contributed by atoms with Crippen LogP contribution in [0.1, 0.15) is 49.5 Å². The van der Waals surface area contributed by atoms with E-state index in [9.17, 15) is 4.79 Å². The second-order valence-electron chi connectivity index (χ2n) is 7.65. The first-order chi connectivity index (χ1) is 12.5. The number of thioether (sulfide) groups is 1. The van der Waals surface area contributed by atoms with Gasteiger partial charge in [0.05, 0.1) is 6.54 Å². The van der Waals surface area contributed by atoms with E-state index in [-0.39, 0.29) is 34.6 Å². The third-order valence-electron chi connectivity index (χ3n) is 4.57. The quantitative estimate of drug-likeness (QED) is 0.368. The van der Waals surface area contributed by atoms with E-state index >= 15 is 0 Å². The first-order valence-corrected chi connectivity index (χ1v) is 10.5. The van der Waals surface area contributed by atoms with E-state index in [2.05, 4.69) is 36.3 Å². The zero-order chi connectivity index (χ0) is 18.6. The summed E-state index contributed by atoms with van der Waals surface area (Å²) < 4.78 is 0.245. The van der Waals surface area contributed by atoms with E-state index in [1.54, 1.807) is 0 Å². The van der Waals surface area contributed by atoms with Crippen LogP contribution >= 0.6 is 35.7 Å². The van der Waals surface area contributed by atoms with Gasteiger partial charge in [-0.25, -0.2) is 4.99 Å². The molecule has 2 aliphatic rings. The van der Waals surface area contributed by atoms with Crippen LogP contribution in [0.5, 0.6) is 0 Å². The fourth-order valence-corrected chi connectivity index (χ4v) is 4.21. The molecule has 0 radical (unpaired) electrons. The minimum Gasteiger partial charge on any atom is -0.357 e. The molecule has 1 aliphatic heterocycles. The summed E-state index contributed by atoms with van der Waals surface area (Å²) in [6, 6.07) is 8.20. The number of benzene rings is 1. The van der Waals surface area contributed by atoms with Crippen LogP contribution in [0.2, 0.25) is 0 Å². The van der Waals surface area contributed by atoms with Crippen molar-refractivity contribution in [3.8, 4) is 0 Å². The van der Waals surface area contributed by atoms with Crippen molar-refractivity contribution >= 4 is 47.6 Å². The van der Waals surface area contributed by atoms with Gasteiger partial charge in [0.2, 0.25) is 0 Å². The lowest BCUT2D eigenvalue weighted by molar-refractivity contribution is 0.0951. The summed E-state index contributed by atoms with van der Waals surface area (Å²) in [5.41, 5.74) is 1.79. The number of carbonyl (C=O) groups is 1. The minimum atomic E-state index is 0. The summed E-state index contributed by atoms with van der Waals surface area (Å²) >= 11 is 2.02. The average Bonchev–Trinajstić information content (AvgIpc) is 3.42. The molecule has 0 bridgehead atoms. The van der Waals surface area contributed by atoms with Gasteiger partial charge in [-0.15, -0.1) is 24.0 Å². The smallest absolute Gasteiger partial charge is 0.251 e. The molecule has 1 heterocycles. The van der Waals surface area contributed by atoms with Crippen LogP contribution in [0, 0.1) is 0 Å². The molecule has 2 fully saturated rings. The number of nitrogens with one attached hydrogen (secondary N) is 2. The van der Waals surface area contributed by atoms with Crippen LogP contribution in [-0.4, -0.2) is 52.9 Å². The lowest BCUT2D eigenvalue weighted by Crippen LogP contribution is -2.50. The molecule has 1 aromatic carbocycles. The Morgan fingerprint density at radius 2 is 2.15 bits per heavy atom. The topological polar surface area (TPSA) is 56.7 Å². The monoisotopic (exact) mass is 502 g/mol. The van der Waals surface area contributed by atoms with Gasteiger partial charge in [0.1, 0.15) is 0 Å². The maximum Gasteiger partial charge on any atom is 0.251 e. The SMILES string of the molecule is CCNC(=NCc1cccc(C(=O)NC2CC2)c1)N1CCSC(C)(C)C1.I. The molecule has 1 aliphatic carbocycles. The van der Waals surface area contributed by atoms with E-state index in [0.29, 0.717) is 12.6 Å². The molecule has 0 unspecified atom stereocenters. The Bertz CT molecular complexity index is 676. The first-order valence-electron chi connectivity index (χ1n) is 9.54. The number of hydrogen-bond acceptors (Lipinski definition) is 3. The van der Waals surface area contributed by atoms with Gasteiger partial charge < -0.3 is 15.5 Å². The Labute approximate surface area is 184 Å². The predicted octanol–water partition coefficient (Wildman–Crippen LogP) is 3.49. The number of hydrogen-bond donors (Lipinski definition) is 2. The van der Waals surface area contributed by atoms with Crippen LogP contribution in [0.25, 0.3) is 0 Å². The molecule has 0 aromatic heterocycles. The Balaban J connectivity index is 0.00000261. The molecule has 1 amide bonds. The lowest BCUT2D eigenvalue weighted by atomic mass is 10.1. The molecule has 5 nitrogen and oxygen atoms in total. The zero-order valence-corrected chi connectivity index (χ0v) is 19.6. The zero-order valence-electron chi connectivity index (χ0n) is 16.5. The van der Waals surface area contributed by atoms with Crippen molar-refractivity contribution in [1.29, 1.82) is 0 Å². The van der Waals surface area contributed by atoms with Gasteiger partial charge in [-0.3, -0.25) is 4.79 Å². The third kappa shape index (κ3) is 6.85. The fraction of sp³-hybridized carbons (Fsp3) is 0.600. The summed E-state index contributed by atoms with van der Waals surface area (Å²) in [6.45, 7) is 10.1. The molecule has 2 N–H and O–H groups in total. The second kappa shape index (κ2) is 10.0. The van der Waals surface area contributed by atoms with Crippen molar-refractivity contribution in [3.05, 3.63) is 35.4 Å². The van der Waals surface area contributed by atoms with E-state index in [1.807, 2.05) is 36.0 Å². The van der Waals surface area contributed by atoms with Gasteiger partial charge in [-0.05, 0) is 51.3 Å². The highest BCUT2D eigenvalue weighted by Crippen LogP contribution is 2.29. The molecule has 1 saturated heterocycles. The Morgan fingerprint density at radius 1 is 1.37 bits per heavy atom. The Morgan fingerprint density at radius 3 is 2.81 bits per heavy atom. The maximum absolute atomic E-state index is 12.2. The van der Waals surface area contributed by atoms with Crippen molar-refractivity contribution in [2.24, 2.45) is 4.99 Å². The van der Waals surface area contributed by atoms with Gasteiger partial charge in [-0.1, -0.05) is 12.1 Å². The minimum absolute atomic E-state index is 0. The number of rotatable bonds is 5. The van der Waals surface area contributed by atoms with Gasteiger partial charge in [0.15, 0.2) is 5.96 Å². The fourth-order valence-electron chi connectivity index (χ4n) is 3.10. The van der Waals surface area contributed by atoms with Crippen molar-refractivity contribution < 1.29 is 4.79 Å². The summed E-state index contributed by atoms with van der Waals surface area (Å²) in [5.74, 6) is 2.11. The van der Waals surface area contributed by atoms with Crippen LogP contribution in [0.3, 0.4) is 0 Å². The molecule has 7 heteroatoms. The van der Waals surface area contributed by atoms with Gasteiger partial charge in [0.25, 0.3) is 5.91 Å². The molecule has 0 atom stereocenters. The van der Waals surface area contributed by atoms with Gasteiger partial charge >= 0.3 is 0 Å². The van der Waals surface area contributed by atoms with Crippen LogP contribution < -0.4 is 10.6 Å².